The summed E-state index contributed by atoms with van der Waals surface area (Å²) in [5.41, 5.74) is 1.02. The molecule has 1 N–H and O–H groups in total. The van der Waals surface area contributed by atoms with Gasteiger partial charge in [0.25, 0.3) is 0 Å². The van der Waals surface area contributed by atoms with Gasteiger partial charge in [-0.1, -0.05) is 11.6 Å². The Morgan fingerprint density at radius 1 is 1.47 bits per heavy atom. The molecule has 1 aromatic heterocycles. The Labute approximate surface area is 108 Å². The van der Waals surface area contributed by atoms with Gasteiger partial charge in [-0.25, -0.2) is 0 Å². The number of ether oxygens (including phenoxy) is 1. The fourth-order valence-corrected chi connectivity index (χ4v) is 1.62. The molecule has 0 saturated carbocycles. The Kier molecular flexibility index (Phi) is 6.55. The quantitative estimate of drug-likeness (QED) is 0.728. The zero-order valence-corrected chi connectivity index (χ0v) is 11.6. The highest BCUT2D eigenvalue weighted by molar-refractivity contribution is 6.31. The molecule has 1 heterocycles. The van der Waals surface area contributed by atoms with Gasteiger partial charge in [0, 0.05) is 13.2 Å². The molecule has 0 aliphatic rings. The van der Waals surface area contributed by atoms with E-state index in [4.69, 9.17) is 16.3 Å². The van der Waals surface area contributed by atoms with Crippen LogP contribution in [0.5, 0.6) is 0 Å². The average Bonchev–Trinajstić information content (AvgIpc) is 2.59. The van der Waals surface area contributed by atoms with Gasteiger partial charge in [-0.05, 0) is 33.7 Å². The summed E-state index contributed by atoms with van der Waals surface area (Å²) < 4.78 is 7.37. The first-order chi connectivity index (χ1) is 8.11. The summed E-state index contributed by atoms with van der Waals surface area (Å²) in [6.45, 7) is 9.63. The van der Waals surface area contributed by atoms with E-state index < -0.39 is 0 Å². The molecule has 1 aromatic rings. The first kappa shape index (κ1) is 14.5. The van der Waals surface area contributed by atoms with Gasteiger partial charge in [0.1, 0.15) is 0 Å². The lowest BCUT2D eigenvalue weighted by Crippen LogP contribution is -2.23. The van der Waals surface area contributed by atoms with Crippen LogP contribution in [0.4, 0.5) is 0 Å². The van der Waals surface area contributed by atoms with E-state index in [1.165, 1.54) is 0 Å². The van der Waals surface area contributed by atoms with E-state index in [1.54, 1.807) is 6.20 Å². The van der Waals surface area contributed by atoms with Gasteiger partial charge in [-0.2, -0.15) is 5.10 Å². The smallest absolute Gasteiger partial charge is 0.0814 e. The standard InChI is InChI=1S/C12H22ClN3O/c1-10(2)17-8-4-5-14-6-7-16-11(3)12(13)9-15-16/h9-10,14H,4-8H2,1-3H3. The third-order valence-corrected chi connectivity index (χ3v) is 2.86. The van der Waals surface area contributed by atoms with Crippen LogP contribution in [0.2, 0.25) is 5.02 Å². The maximum absolute atomic E-state index is 5.92. The van der Waals surface area contributed by atoms with Gasteiger partial charge in [0.15, 0.2) is 0 Å². The van der Waals surface area contributed by atoms with Crippen molar-refractivity contribution in [2.24, 2.45) is 0 Å². The van der Waals surface area contributed by atoms with Crippen LogP contribution in [-0.2, 0) is 11.3 Å². The number of nitrogens with one attached hydrogen (secondary N) is 1. The molecule has 0 aliphatic heterocycles. The molecule has 0 bridgehead atoms. The minimum Gasteiger partial charge on any atom is -0.379 e. The molecule has 0 aliphatic carbocycles. The third kappa shape index (κ3) is 5.52. The summed E-state index contributed by atoms with van der Waals surface area (Å²) in [4.78, 5) is 0. The fraction of sp³-hybridized carbons (Fsp3) is 0.750. The summed E-state index contributed by atoms with van der Waals surface area (Å²) in [5.74, 6) is 0. The topological polar surface area (TPSA) is 39.1 Å². The van der Waals surface area contributed by atoms with Gasteiger partial charge >= 0.3 is 0 Å². The predicted molar refractivity (Wildman–Crippen MR) is 70.5 cm³/mol. The van der Waals surface area contributed by atoms with Crippen LogP contribution in [0.1, 0.15) is 26.0 Å². The van der Waals surface area contributed by atoms with Crippen molar-refractivity contribution < 1.29 is 4.74 Å². The van der Waals surface area contributed by atoms with Crippen molar-refractivity contribution >= 4 is 11.6 Å². The van der Waals surface area contributed by atoms with E-state index in [0.29, 0.717) is 6.10 Å². The molecule has 0 radical (unpaired) electrons. The molecule has 0 spiro atoms. The summed E-state index contributed by atoms with van der Waals surface area (Å²) in [6, 6.07) is 0. The molecule has 0 unspecified atom stereocenters. The number of hydrogen-bond acceptors (Lipinski definition) is 3. The number of nitrogens with zero attached hydrogens (tertiary/aromatic N) is 2. The first-order valence-corrected chi connectivity index (χ1v) is 6.49. The summed E-state index contributed by atoms with van der Waals surface area (Å²) in [7, 11) is 0. The number of halogens is 1. The minimum absolute atomic E-state index is 0.323. The lowest BCUT2D eigenvalue weighted by atomic mass is 10.4. The van der Waals surface area contributed by atoms with Gasteiger partial charge in [-0.15, -0.1) is 0 Å². The van der Waals surface area contributed by atoms with Crippen LogP contribution in [0.3, 0.4) is 0 Å². The molecular weight excluding hydrogens is 238 g/mol. The minimum atomic E-state index is 0.323. The van der Waals surface area contributed by atoms with Gasteiger partial charge in [0.2, 0.25) is 0 Å². The highest BCUT2D eigenvalue weighted by Crippen LogP contribution is 2.12. The van der Waals surface area contributed by atoms with Crippen LogP contribution < -0.4 is 5.32 Å². The lowest BCUT2D eigenvalue weighted by Gasteiger charge is -2.08. The van der Waals surface area contributed by atoms with Crippen LogP contribution in [-0.4, -0.2) is 35.6 Å². The van der Waals surface area contributed by atoms with Gasteiger partial charge in [0.05, 0.1) is 29.6 Å². The van der Waals surface area contributed by atoms with E-state index in [-0.39, 0.29) is 0 Å². The molecule has 17 heavy (non-hydrogen) atoms. The number of rotatable bonds is 8. The molecule has 98 valence electrons. The van der Waals surface area contributed by atoms with E-state index in [1.807, 2.05) is 11.6 Å². The molecule has 5 heteroatoms. The highest BCUT2D eigenvalue weighted by Gasteiger charge is 2.02. The van der Waals surface area contributed by atoms with E-state index >= 15 is 0 Å². The zero-order valence-electron chi connectivity index (χ0n) is 10.9. The highest BCUT2D eigenvalue weighted by atomic mass is 35.5. The second-order valence-electron chi connectivity index (χ2n) is 4.32. The van der Waals surface area contributed by atoms with Gasteiger partial charge < -0.3 is 10.1 Å². The molecule has 0 atom stereocenters. The molecule has 1 rings (SSSR count). The lowest BCUT2D eigenvalue weighted by molar-refractivity contribution is 0.0771. The number of aromatic nitrogens is 2. The molecule has 0 aromatic carbocycles. The van der Waals surface area contributed by atoms with Crippen molar-refractivity contribution in [3.63, 3.8) is 0 Å². The summed E-state index contributed by atoms with van der Waals surface area (Å²) in [6.07, 6.45) is 3.05. The SMILES string of the molecule is Cc1c(Cl)cnn1CCNCCCOC(C)C. The van der Waals surface area contributed by atoms with Crippen molar-refractivity contribution in [3.8, 4) is 0 Å². The van der Waals surface area contributed by atoms with Crippen LogP contribution in [0, 0.1) is 6.92 Å². The van der Waals surface area contributed by atoms with Crippen molar-refractivity contribution in [1.82, 2.24) is 15.1 Å². The zero-order chi connectivity index (χ0) is 12.7. The summed E-state index contributed by atoms with van der Waals surface area (Å²) >= 11 is 5.92. The second kappa shape index (κ2) is 7.69. The molecule has 0 fully saturated rings. The second-order valence-corrected chi connectivity index (χ2v) is 4.73. The molecule has 0 amide bonds. The largest absolute Gasteiger partial charge is 0.379 e. The Hall–Kier alpha value is -0.580. The Bertz CT molecular complexity index is 326. The van der Waals surface area contributed by atoms with Crippen molar-refractivity contribution in [2.75, 3.05) is 19.7 Å². The van der Waals surface area contributed by atoms with Crippen molar-refractivity contribution in [2.45, 2.75) is 39.8 Å². The Morgan fingerprint density at radius 3 is 2.82 bits per heavy atom. The van der Waals surface area contributed by atoms with Crippen molar-refractivity contribution in [3.05, 3.63) is 16.9 Å². The normalized spacial score (nSPS) is 11.4. The van der Waals surface area contributed by atoms with E-state index in [0.717, 1.165) is 43.4 Å². The summed E-state index contributed by atoms with van der Waals surface area (Å²) in [5, 5.41) is 8.28. The van der Waals surface area contributed by atoms with Crippen LogP contribution >= 0.6 is 11.6 Å². The first-order valence-electron chi connectivity index (χ1n) is 6.11. The Balaban J connectivity index is 2.03. The maximum Gasteiger partial charge on any atom is 0.0814 e. The molecule has 0 saturated heterocycles. The van der Waals surface area contributed by atoms with E-state index in [2.05, 4.69) is 24.3 Å². The molecular formula is C12H22ClN3O. The fourth-order valence-electron chi connectivity index (χ4n) is 1.48. The average molecular weight is 260 g/mol. The predicted octanol–water partition coefficient (Wildman–Crippen LogP) is 2.25. The number of hydrogen-bond donors (Lipinski definition) is 1. The van der Waals surface area contributed by atoms with Gasteiger partial charge in [-0.3, -0.25) is 4.68 Å². The van der Waals surface area contributed by atoms with E-state index in [9.17, 15) is 0 Å². The van der Waals surface area contributed by atoms with Crippen molar-refractivity contribution in [1.29, 1.82) is 0 Å². The maximum atomic E-state index is 5.92. The van der Waals surface area contributed by atoms with Crippen LogP contribution in [0.15, 0.2) is 6.20 Å². The Morgan fingerprint density at radius 2 is 2.24 bits per heavy atom. The monoisotopic (exact) mass is 259 g/mol. The van der Waals surface area contributed by atoms with Crippen LogP contribution in [0.25, 0.3) is 0 Å². The molecule has 4 nitrogen and oxygen atoms in total. The third-order valence-electron chi connectivity index (χ3n) is 2.49.